The van der Waals surface area contributed by atoms with E-state index in [1.165, 1.54) is 0 Å². The summed E-state index contributed by atoms with van der Waals surface area (Å²) >= 11 is 1.64. The summed E-state index contributed by atoms with van der Waals surface area (Å²) in [5.41, 5.74) is 6.50. The van der Waals surface area contributed by atoms with E-state index in [1.807, 2.05) is 19.2 Å². The average Bonchev–Trinajstić information content (AvgIpc) is 2.64. The van der Waals surface area contributed by atoms with Gasteiger partial charge in [0.1, 0.15) is 0 Å². The highest BCUT2D eigenvalue weighted by Gasteiger charge is 2.07. The van der Waals surface area contributed by atoms with Crippen molar-refractivity contribution in [1.82, 2.24) is 10.3 Å². The van der Waals surface area contributed by atoms with Gasteiger partial charge in [0, 0.05) is 24.8 Å². The maximum atomic E-state index is 11.4. The van der Waals surface area contributed by atoms with Crippen molar-refractivity contribution in [2.75, 3.05) is 13.1 Å². The second-order valence-electron chi connectivity index (χ2n) is 4.00. The number of hydrogen-bond donors (Lipinski definition) is 2. The lowest BCUT2D eigenvalue weighted by molar-refractivity contribution is -0.121. The van der Waals surface area contributed by atoms with Gasteiger partial charge in [-0.15, -0.1) is 11.3 Å². The van der Waals surface area contributed by atoms with Gasteiger partial charge in [-0.05, 0) is 19.4 Å². The highest BCUT2D eigenvalue weighted by Crippen LogP contribution is 2.07. The normalized spacial score (nSPS) is 12.4. The van der Waals surface area contributed by atoms with Gasteiger partial charge in [0.25, 0.3) is 0 Å². The van der Waals surface area contributed by atoms with Crippen LogP contribution in [0, 0.1) is 12.8 Å². The molecule has 1 unspecified atom stereocenters. The lowest BCUT2D eigenvalue weighted by atomic mass is 10.1. The van der Waals surface area contributed by atoms with Gasteiger partial charge in [-0.2, -0.15) is 0 Å². The van der Waals surface area contributed by atoms with E-state index < -0.39 is 0 Å². The molecule has 16 heavy (non-hydrogen) atoms. The molecule has 4 nitrogen and oxygen atoms in total. The molecular formula is C11H19N3OS. The first-order valence-electron chi connectivity index (χ1n) is 5.49. The monoisotopic (exact) mass is 241 g/mol. The molecule has 0 aliphatic carbocycles. The second-order valence-corrected chi connectivity index (χ2v) is 5.07. The van der Waals surface area contributed by atoms with E-state index in [4.69, 9.17) is 5.73 Å². The minimum atomic E-state index is 0.0740. The molecule has 0 saturated carbocycles. The average molecular weight is 241 g/mol. The van der Waals surface area contributed by atoms with Crippen LogP contribution in [0.15, 0.2) is 5.38 Å². The molecule has 3 N–H and O–H groups in total. The first-order valence-corrected chi connectivity index (χ1v) is 6.37. The molecule has 0 radical (unpaired) electrons. The predicted octanol–water partition coefficient (Wildman–Crippen LogP) is 1.10. The van der Waals surface area contributed by atoms with Gasteiger partial charge in [-0.25, -0.2) is 4.98 Å². The third kappa shape index (κ3) is 4.72. The largest absolute Gasteiger partial charge is 0.356 e. The summed E-state index contributed by atoms with van der Waals surface area (Å²) in [6, 6.07) is 0. The molecule has 5 heteroatoms. The number of thiazole rings is 1. The Labute approximate surface area is 100 Å². The molecule has 0 aliphatic heterocycles. The standard InChI is InChI=1S/C11H19N3OS/c1-8(6-12)5-11(15)13-4-3-10-7-16-9(2)14-10/h7-8H,3-6,12H2,1-2H3,(H,13,15). The molecule has 0 aliphatic rings. The van der Waals surface area contributed by atoms with Crippen LogP contribution in [-0.2, 0) is 11.2 Å². The van der Waals surface area contributed by atoms with Crippen molar-refractivity contribution in [3.8, 4) is 0 Å². The molecule has 0 saturated heterocycles. The molecule has 0 bridgehead atoms. The maximum Gasteiger partial charge on any atom is 0.220 e. The van der Waals surface area contributed by atoms with Crippen LogP contribution in [0.2, 0.25) is 0 Å². The van der Waals surface area contributed by atoms with E-state index in [0.29, 0.717) is 19.5 Å². The fraction of sp³-hybridized carbons (Fsp3) is 0.636. The number of carbonyl (C=O) groups is 1. The van der Waals surface area contributed by atoms with Crippen LogP contribution >= 0.6 is 11.3 Å². The van der Waals surface area contributed by atoms with Crippen LogP contribution in [0.5, 0.6) is 0 Å². The summed E-state index contributed by atoms with van der Waals surface area (Å²) in [5, 5.41) is 5.98. The Bertz CT molecular complexity index is 338. The summed E-state index contributed by atoms with van der Waals surface area (Å²) in [5.74, 6) is 0.325. The van der Waals surface area contributed by atoms with Gasteiger partial charge in [-0.3, -0.25) is 4.79 Å². The van der Waals surface area contributed by atoms with Crippen molar-refractivity contribution >= 4 is 17.2 Å². The van der Waals surface area contributed by atoms with Crippen LogP contribution < -0.4 is 11.1 Å². The van der Waals surface area contributed by atoms with E-state index >= 15 is 0 Å². The minimum absolute atomic E-state index is 0.0740. The highest BCUT2D eigenvalue weighted by molar-refractivity contribution is 7.09. The lowest BCUT2D eigenvalue weighted by Gasteiger charge is -2.08. The van der Waals surface area contributed by atoms with Crippen LogP contribution in [0.4, 0.5) is 0 Å². The number of nitrogens with one attached hydrogen (secondary N) is 1. The minimum Gasteiger partial charge on any atom is -0.356 e. The van der Waals surface area contributed by atoms with Gasteiger partial charge < -0.3 is 11.1 Å². The predicted molar refractivity (Wildman–Crippen MR) is 66.4 cm³/mol. The van der Waals surface area contributed by atoms with Crippen molar-refractivity contribution in [3.63, 3.8) is 0 Å². The molecule has 1 rings (SSSR count). The number of hydrogen-bond acceptors (Lipinski definition) is 4. The molecule has 0 aromatic carbocycles. The van der Waals surface area contributed by atoms with Crippen LogP contribution in [-0.4, -0.2) is 24.0 Å². The van der Waals surface area contributed by atoms with Crippen LogP contribution in [0.3, 0.4) is 0 Å². The molecule has 1 aromatic rings. The summed E-state index contributed by atoms with van der Waals surface area (Å²) < 4.78 is 0. The molecule has 0 spiro atoms. The SMILES string of the molecule is Cc1nc(CCNC(=O)CC(C)CN)cs1. The number of carbonyl (C=O) groups excluding carboxylic acids is 1. The van der Waals surface area contributed by atoms with Gasteiger partial charge in [-0.1, -0.05) is 6.92 Å². The topological polar surface area (TPSA) is 68.0 Å². The van der Waals surface area contributed by atoms with Crippen molar-refractivity contribution in [1.29, 1.82) is 0 Å². The van der Waals surface area contributed by atoms with E-state index in [0.717, 1.165) is 17.1 Å². The molecule has 0 fully saturated rings. The molecule has 1 atom stereocenters. The van der Waals surface area contributed by atoms with E-state index in [2.05, 4.69) is 10.3 Å². The Kier molecular flexibility index (Phi) is 5.42. The Balaban J connectivity index is 2.18. The van der Waals surface area contributed by atoms with Gasteiger partial charge >= 0.3 is 0 Å². The number of nitrogens with two attached hydrogens (primary N) is 1. The first kappa shape index (κ1) is 13.1. The van der Waals surface area contributed by atoms with Crippen molar-refractivity contribution < 1.29 is 4.79 Å². The van der Waals surface area contributed by atoms with Gasteiger partial charge in [0.2, 0.25) is 5.91 Å². The number of amides is 1. The fourth-order valence-corrected chi connectivity index (χ4v) is 1.97. The van der Waals surface area contributed by atoms with Crippen molar-refractivity contribution in [2.45, 2.75) is 26.7 Å². The number of nitrogens with zero attached hydrogens (tertiary/aromatic N) is 1. The van der Waals surface area contributed by atoms with Gasteiger partial charge in [0.05, 0.1) is 10.7 Å². The Morgan fingerprint density at radius 2 is 2.44 bits per heavy atom. The Hall–Kier alpha value is -0.940. The summed E-state index contributed by atoms with van der Waals surface area (Å²) in [7, 11) is 0. The smallest absolute Gasteiger partial charge is 0.220 e. The number of rotatable bonds is 6. The summed E-state index contributed by atoms with van der Waals surface area (Å²) in [6.45, 7) is 5.16. The molecule has 1 amide bonds. The zero-order valence-corrected chi connectivity index (χ0v) is 10.6. The zero-order valence-electron chi connectivity index (χ0n) is 9.82. The van der Waals surface area contributed by atoms with Crippen LogP contribution in [0.1, 0.15) is 24.0 Å². The molecule has 1 aromatic heterocycles. The summed E-state index contributed by atoms with van der Waals surface area (Å²) in [6.07, 6.45) is 1.31. The second kappa shape index (κ2) is 6.60. The summed E-state index contributed by atoms with van der Waals surface area (Å²) in [4.78, 5) is 15.8. The lowest BCUT2D eigenvalue weighted by Crippen LogP contribution is -2.28. The Morgan fingerprint density at radius 1 is 1.69 bits per heavy atom. The van der Waals surface area contributed by atoms with Crippen LogP contribution in [0.25, 0.3) is 0 Å². The van der Waals surface area contributed by atoms with E-state index in [1.54, 1.807) is 11.3 Å². The third-order valence-electron chi connectivity index (χ3n) is 2.31. The highest BCUT2D eigenvalue weighted by atomic mass is 32.1. The van der Waals surface area contributed by atoms with Gasteiger partial charge in [0.15, 0.2) is 0 Å². The van der Waals surface area contributed by atoms with E-state index in [-0.39, 0.29) is 11.8 Å². The van der Waals surface area contributed by atoms with E-state index in [9.17, 15) is 4.79 Å². The molecule has 1 heterocycles. The molecular weight excluding hydrogens is 222 g/mol. The van der Waals surface area contributed by atoms with Crippen molar-refractivity contribution in [3.05, 3.63) is 16.1 Å². The zero-order chi connectivity index (χ0) is 12.0. The Morgan fingerprint density at radius 3 is 3.00 bits per heavy atom. The quantitative estimate of drug-likeness (QED) is 0.783. The fourth-order valence-electron chi connectivity index (χ4n) is 1.33. The number of aromatic nitrogens is 1. The third-order valence-corrected chi connectivity index (χ3v) is 3.13. The molecule has 90 valence electrons. The first-order chi connectivity index (χ1) is 7.61. The maximum absolute atomic E-state index is 11.4. The number of aryl methyl sites for hydroxylation is 1. The van der Waals surface area contributed by atoms with Crippen molar-refractivity contribution in [2.24, 2.45) is 11.7 Å².